The van der Waals surface area contributed by atoms with E-state index in [2.05, 4.69) is 12.2 Å². The summed E-state index contributed by atoms with van der Waals surface area (Å²) >= 11 is 0. The van der Waals surface area contributed by atoms with Gasteiger partial charge in [-0.15, -0.1) is 0 Å². The Hall–Kier alpha value is -0.570. The molecule has 3 nitrogen and oxygen atoms in total. The number of hydrogen-bond acceptors (Lipinski definition) is 2. The first-order valence-electron chi connectivity index (χ1n) is 4.83. The quantitative estimate of drug-likeness (QED) is 0.627. The third-order valence-electron chi connectivity index (χ3n) is 2.16. The van der Waals surface area contributed by atoms with Gasteiger partial charge in [0.15, 0.2) is 0 Å². The van der Waals surface area contributed by atoms with Crippen LogP contribution in [-0.2, 0) is 4.79 Å². The molecule has 0 unspecified atom stereocenters. The number of carbonyl (C=O) groups excluding carboxylic acids is 1. The van der Waals surface area contributed by atoms with Gasteiger partial charge in [0, 0.05) is 13.1 Å². The van der Waals surface area contributed by atoms with Crippen molar-refractivity contribution in [3.63, 3.8) is 0 Å². The van der Waals surface area contributed by atoms with Gasteiger partial charge < -0.3 is 10.2 Å². The van der Waals surface area contributed by atoms with Crippen molar-refractivity contribution in [3.05, 3.63) is 0 Å². The second-order valence-corrected chi connectivity index (χ2v) is 3.26. The van der Waals surface area contributed by atoms with Crippen LogP contribution < -0.4 is 5.32 Å². The van der Waals surface area contributed by atoms with Crippen LogP contribution in [0.2, 0.25) is 0 Å². The van der Waals surface area contributed by atoms with Crippen LogP contribution in [0, 0.1) is 0 Å². The van der Waals surface area contributed by atoms with Gasteiger partial charge in [0.2, 0.25) is 5.91 Å². The van der Waals surface area contributed by atoms with Crippen molar-refractivity contribution in [3.8, 4) is 0 Å². The molecule has 12 heavy (non-hydrogen) atoms. The van der Waals surface area contributed by atoms with Gasteiger partial charge in [0.25, 0.3) is 0 Å². The van der Waals surface area contributed by atoms with Gasteiger partial charge in [-0.05, 0) is 25.8 Å². The van der Waals surface area contributed by atoms with Gasteiger partial charge in [-0.1, -0.05) is 6.92 Å². The van der Waals surface area contributed by atoms with Gasteiger partial charge in [0.05, 0.1) is 6.54 Å². The number of hydrogen-bond donors (Lipinski definition) is 1. The first kappa shape index (κ1) is 9.52. The Kier molecular flexibility index (Phi) is 4.08. The third kappa shape index (κ3) is 2.81. The molecule has 1 heterocycles. The van der Waals surface area contributed by atoms with E-state index >= 15 is 0 Å². The smallest absolute Gasteiger partial charge is 0.236 e. The zero-order valence-corrected chi connectivity index (χ0v) is 7.81. The summed E-state index contributed by atoms with van der Waals surface area (Å²) in [6.07, 6.45) is 3.45. The van der Waals surface area contributed by atoms with E-state index in [9.17, 15) is 4.79 Å². The van der Waals surface area contributed by atoms with Gasteiger partial charge in [-0.25, -0.2) is 0 Å². The number of rotatable bonds is 4. The summed E-state index contributed by atoms with van der Waals surface area (Å²) in [5, 5.41) is 3.12. The number of carbonyl (C=O) groups is 1. The second-order valence-electron chi connectivity index (χ2n) is 3.26. The highest BCUT2D eigenvalue weighted by Crippen LogP contribution is 2.06. The Balaban J connectivity index is 2.10. The molecule has 0 radical (unpaired) electrons. The van der Waals surface area contributed by atoms with Crippen LogP contribution in [0.1, 0.15) is 26.2 Å². The summed E-state index contributed by atoms with van der Waals surface area (Å²) in [4.78, 5) is 13.3. The molecule has 1 aliphatic heterocycles. The average Bonchev–Trinajstić information content (AvgIpc) is 2.56. The molecule has 0 bridgehead atoms. The molecule has 0 aromatic heterocycles. The van der Waals surface area contributed by atoms with Crippen molar-refractivity contribution < 1.29 is 4.79 Å². The first-order chi connectivity index (χ1) is 5.84. The molecular formula is C9H18N2O. The van der Waals surface area contributed by atoms with E-state index in [1.165, 1.54) is 12.8 Å². The predicted molar refractivity (Wildman–Crippen MR) is 49.0 cm³/mol. The van der Waals surface area contributed by atoms with Gasteiger partial charge in [-0.2, -0.15) is 0 Å². The lowest BCUT2D eigenvalue weighted by Crippen LogP contribution is -2.36. The van der Waals surface area contributed by atoms with Crippen molar-refractivity contribution in [2.75, 3.05) is 26.2 Å². The summed E-state index contributed by atoms with van der Waals surface area (Å²) in [5.74, 6) is 0.265. The van der Waals surface area contributed by atoms with Gasteiger partial charge in [0.1, 0.15) is 0 Å². The molecule has 1 fully saturated rings. The summed E-state index contributed by atoms with van der Waals surface area (Å²) in [6.45, 7) is 5.50. The van der Waals surface area contributed by atoms with E-state index in [1.54, 1.807) is 0 Å². The summed E-state index contributed by atoms with van der Waals surface area (Å²) in [5.41, 5.74) is 0. The van der Waals surface area contributed by atoms with Crippen LogP contribution in [0.15, 0.2) is 0 Å². The second kappa shape index (κ2) is 5.14. The standard InChI is InChI=1S/C9H18N2O/c1-2-5-10-8-9(12)11-6-3-4-7-11/h10H,2-8H2,1H3. The molecule has 0 aromatic carbocycles. The van der Waals surface area contributed by atoms with Crippen molar-refractivity contribution in [2.45, 2.75) is 26.2 Å². The highest BCUT2D eigenvalue weighted by molar-refractivity contribution is 5.78. The Bertz CT molecular complexity index is 141. The molecule has 1 saturated heterocycles. The minimum absolute atomic E-state index is 0.265. The Labute approximate surface area is 74.1 Å². The molecule has 0 saturated carbocycles. The zero-order valence-electron chi connectivity index (χ0n) is 7.81. The predicted octanol–water partition coefficient (Wildman–Crippen LogP) is 0.608. The normalized spacial score (nSPS) is 16.9. The fourth-order valence-corrected chi connectivity index (χ4v) is 1.45. The van der Waals surface area contributed by atoms with E-state index < -0.39 is 0 Å². The molecule has 0 aromatic rings. The van der Waals surface area contributed by atoms with Crippen molar-refractivity contribution in [2.24, 2.45) is 0 Å². The van der Waals surface area contributed by atoms with E-state index in [4.69, 9.17) is 0 Å². The lowest BCUT2D eigenvalue weighted by molar-refractivity contribution is -0.129. The van der Waals surface area contributed by atoms with Crippen LogP contribution >= 0.6 is 0 Å². The molecule has 3 heteroatoms. The highest BCUT2D eigenvalue weighted by Gasteiger charge is 2.16. The fraction of sp³-hybridized carbons (Fsp3) is 0.889. The van der Waals surface area contributed by atoms with Crippen molar-refractivity contribution >= 4 is 5.91 Å². The SMILES string of the molecule is CCCNCC(=O)N1CCCC1. The molecule has 1 amide bonds. The lowest BCUT2D eigenvalue weighted by atomic mass is 10.4. The van der Waals surface area contributed by atoms with E-state index in [0.29, 0.717) is 6.54 Å². The maximum Gasteiger partial charge on any atom is 0.236 e. The Morgan fingerprint density at radius 1 is 1.42 bits per heavy atom. The Morgan fingerprint density at radius 2 is 2.08 bits per heavy atom. The van der Waals surface area contributed by atoms with Crippen LogP contribution in [0.5, 0.6) is 0 Å². The zero-order chi connectivity index (χ0) is 8.81. The topological polar surface area (TPSA) is 32.3 Å². The summed E-state index contributed by atoms with van der Waals surface area (Å²) in [6, 6.07) is 0. The average molecular weight is 170 g/mol. The highest BCUT2D eigenvalue weighted by atomic mass is 16.2. The molecule has 1 aliphatic rings. The Morgan fingerprint density at radius 3 is 2.67 bits per heavy atom. The largest absolute Gasteiger partial charge is 0.342 e. The molecule has 0 spiro atoms. The van der Waals surface area contributed by atoms with E-state index in [-0.39, 0.29) is 5.91 Å². The van der Waals surface area contributed by atoms with E-state index in [0.717, 1.165) is 26.1 Å². The number of nitrogens with zero attached hydrogens (tertiary/aromatic N) is 1. The molecule has 70 valence electrons. The van der Waals surface area contributed by atoms with Crippen LogP contribution in [0.25, 0.3) is 0 Å². The third-order valence-corrected chi connectivity index (χ3v) is 2.16. The van der Waals surface area contributed by atoms with Crippen molar-refractivity contribution in [1.29, 1.82) is 0 Å². The molecule has 0 atom stereocenters. The fourth-order valence-electron chi connectivity index (χ4n) is 1.45. The van der Waals surface area contributed by atoms with Gasteiger partial charge >= 0.3 is 0 Å². The summed E-state index contributed by atoms with van der Waals surface area (Å²) < 4.78 is 0. The van der Waals surface area contributed by atoms with E-state index in [1.807, 2.05) is 4.90 Å². The summed E-state index contributed by atoms with van der Waals surface area (Å²) in [7, 11) is 0. The molecular weight excluding hydrogens is 152 g/mol. The number of likely N-dealkylation sites (tertiary alicyclic amines) is 1. The molecule has 0 aliphatic carbocycles. The maximum atomic E-state index is 11.4. The molecule has 1 rings (SSSR count). The minimum Gasteiger partial charge on any atom is -0.342 e. The van der Waals surface area contributed by atoms with Crippen LogP contribution in [-0.4, -0.2) is 37.0 Å². The number of amides is 1. The van der Waals surface area contributed by atoms with Crippen LogP contribution in [0.4, 0.5) is 0 Å². The molecule has 1 N–H and O–H groups in total. The van der Waals surface area contributed by atoms with Crippen molar-refractivity contribution in [1.82, 2.24) is 10.2 Å². The maximum absolute atomic E-state index is 11.4. The van der Waals surface area contributed by atoms with Crippen LogP contribution in [0.3, 0.4) is 0 Å². The van der Waals surface area contributed by atoms with Gasteiger partial charge in [-0.3, -0.25) is 4.79 Å². The number of nitrogens with one attached hydrogen (secondary N) is 1. The minimum atomic E-state index is 0.265. The lowest BCUT2D eigenvalue weighted by Gasteiger charge is -2.14. The first-order valence-corrected chi connectivity index (χ1v) is 4.83. The monoisotopic (exact) mass is 170 g/mol.